The summed E-state index contributed by atoms with van der Waals surface area (Å²) in [4.78, 5) is 25.7. The van der Waals surface area contributed by atoms with Crippen LogP contribution in [-0.4, -0.2) is 48.9 Å². The summed E-state index contributed by atoms with van der Waals surface area (Å²) in [6.07, 6.45) is 0. The number of Topliss-reactive ketones (excluding diaryl/α,β-unsaturated/α-hetero) is 1. The highest BCUT2D eigenvalue weighted by molar-refractivity contribution is 5.98. The third-order valence-corrected chi connectivity index (χ3v) is 3.46. The van der Waals surface area contributed by atoms with Crippen LogP contribution in [0.2, 0.25) is 0 Å². The van der Waals surface area contributed by atoms with Crippen LogP contribution in [0.25, 0.3) is 0 Å². The van der Waals surface area contributed by atoms with E-state index in [1.165, 1.54) is 0 Å². The molecule has 1 unspecified atom stereocenters. The lowest BCUT2D eigenvalue weighted by Crippen LogP contribution is -2.55. The van der Waals surface area contributed by atoms with E-state index in [1.54, 1.807) is 24.3 Å². The minimum absolute atomic E-state index is 0.0178. The first-order valence-corrected chi connectivity index (χ1v) is 6.89. The molecule has 20 heavy (non-hydrogen) atoms. The predicted molar refractivity (Wildman–Crippen MR) is 76.0 cm³/mol. The van der Waals surface area contributed by atoms with Crippen molar-refractivity contribution in [3.05, 3.63) is 29.8 Å². The summed E-state index contributed by atoms with van der Waals surface area (Å²) in [6.45, 7) is 5.91. The number of carbonyl (C=O) groups excluding carboxylic acids is 2. The second-order valence-electron chi connectivity index (χ2n) is 4.82. The number of piperazine rings is 1. The van der Waals surface area contributed by atoms with Gasteiger partial charge >= 0.3 is 0 Å². The zero-order chi connectivity index (χ0) is 14.5. The molecule has 1 fully saturated rings. The summed E-state index contributed by atoms with van der Waals surface area (Å²) >= 11 is 0. The Labute approximate surface area is 118 Å². The minimum atomic E-state index is -0.254. The Hall–Kier alpha value is -1.88. The maximum Gasteiger partial charge on any atom is 0.237 e. The van der Waals surface area contributed by atoms with E-state index in [9.17, 15) is 9.59 Å². The number of hydrogen-bond acceptors (Lipinski definition) is 4. The topological polar surface area (TPSA) is 58.6 Å². The number of amides is 1. The highest BCUT2D eigenvalue weighted by Crippen LogP contribution is 2.13. The molecule has 0 aliphatic carbocycles. The van der Waals surface area contributed by atoms with Gasteiger partial charge < -0.3 is 10.1 Å². The predicted octanol–water partition coefficient (Wildman–Crippen LogP) is 1.09. The van der Waals surface area contributed by atoms with Gasteiger partial charge in [-0.25, -0.2) is 0 Å². The number of carbonyl (C=O) groups is 2. The van der Waals surface area contributed by atoms with Crippen LogP contribution in [0.1, 0.15) is 24.2 Å². The van der Waals surface area contributed by atoms with Gasteiger partial charge in [0.25, 0.3) is 0 Å². The molecule has 1 amide bonds. The molecule has 0 radical (unpaired) electrons. The summed E-state index contributed by atoms with van der Waals surface area (Å²) < 4.78 is 5.35. The second kappa shape index (κ2) is 6.52. The van der Waals surface area contributed by atoms with Crippen molar-refractivity contribution in [1.82, 2.24) is 10.2 Å². The van der Waals surface area contributed by atoms with Gasteiger partial charge in [-0.15, -0.1) is 0 Å². The van der Waals surface area contributed by atoms with Gasteiger partial charge in [0.2, 0.25) is 5.91 Å². The van der Waals surface area contributed by atoms with Crippen LogP contribution in [0.5, 0.6) is 5.75 Å². The molecule has 108 valence electrons. The van der Waals surface area contributed by atoms with Crippen molar-refractivity contribution in [2.75, 3.05) is 26.2 Å². The molecule has 0 aromatic heterocycles. The van der Waals surface area contributed by atoms with Crippen LogP contribution in [-0.2, 0) is 4.79 Å². The number of rotatable bonds is 5. The third kappa shape index (κ3) is 3.36. The van der Waals surface area contributed by atoms with E-state index in [-0.39, 0.29) is 24.3 Å². The van der Waals surface area contributed by atoms with E-state index in [2.05, 4.69) is 5.32 Å². The quantitative estimate of drug-likeness (QED) is 0.818. The largest absolute Gasteiger partial charge is 0.494 e. The van der Waals surface area contributed by atoms with Crippen LogP contribution in [0.3, 0.4) is 0 Å². The fourth-order valence-corrected chi connectivity index (χ4v) is 2.23. The first-order chi connectivity index (χ1) is 9.61. The summed E-state index contributed by atoms with van der Waals surface area (Å²) in [5.41, 5.74) is 0.645. The van der Waals surface area contributed by atoms with Crippen LogP contribution in [0, 0.1) is 0 Å². The summed E-state index contributed by atoms with van der Waals surface area (Å²) in [5.74, 6) is 0.764. The Morgan fingerprint density at radius 2 is 2.10 bits per heavy atom. The zero-order valence-corrected chi connectivity index (χ0v) is 11.9. The molecule has 1 saturated heterocycles. The van der Waals surface area contributed by atoms with Crippen molar-refractivity contribution < 1.29 is 14.3 Å². The van der Waals surface area contributed by atoms with Gasteiger partial charge in [-0.2, -0.15) is 0 Å². The molecule has 1 atom stereocenters. The van der Waals surface area contributed by atoms with E-state index in [0.29, 0.717) is 25.3 Å². The molecule has 5 nitrogen and oxygen atoms in total. The average molecular weight is 276 g/mol. The third-order valence-electron chi connectivity index (χ3n) is 3.46. The highest BCUT2D eigenvalue weighted by atomic mass is 16.5. The van der Waals surface area contributed by atoms with Crippen molar-refractivity contribution in [1.29, 1.82) is 0 Å². The lowest BCUT2D eigenvalue weighted by atomic mass is 10.1. The SMILES string of the molecule is CCOc1ccc(C(=O)CN2CCNC(=O)C2C)cc1. The molecule has 1 heterocycles. The first-order valence-electron chi connectivity index (χ1n) is 6.89. The highest BCUT2D eigenvalue weighted by Gasteiger charge is 2.26. The molecule has 1 N–H and O–H groups in total. The number of nitrogens with one attached hydrogen (secondary N) is 1. The Balaban J connectivity index is 1.98. The Bertz CT molecular complexity index is 484. The van der Waals surface area contributed by atoms with Gasteiger partial charge in [0, 0.05) is 18.7 Å². The lowest BCUT2D eigenvalue weighted by molar-refractivity contribution is -0.127. The van der Waals surface area contributed by atoms with Crippen LogP contribution >= 0.6 is 0 Å². The number of benzene rings is 1. The molecule has 1 aliphatic rings. The Kier molecular flexibility index (Phi) is 4.74. The molecule has 1 aromatic carbocycles. The number of hydrogen-bond donors (Lipinski definition) is 1. The molecule has 5 heteroatoms. The van der Waals surface area contributed by atoms with Crippen molar-refractivity contribution >= 4 is 11.7 Å². The lowest BCUT2D eigenvalue weighted by Gasteiger charge is -2.32. The monoisotopic (exact) mass is 276 g/mol. The normalized spacial score (nSPS) is 19.5. The van der Waals surface area contributed by atoms with E-state index >= 15 is 0 Å². The molecule has 0 bridgehead atoms. The number of nitrogens with zero attached hydrogens (tertiary/aromatic N) is 1. The van der Waals surface area contributed by atoms with Crippen molar-refractivity contribution in [3.8, 4) is 5.75 Å². The van der Waals surface area contributed by atoms with Crippen molar-refractivity contribution in [3.63, 3.8) is 0 Å². The second-order valence-corrected chi connectivity index (χ2v) is 4.82. The number of ketones is 1. The maximum atomic E-state index is 12.2. The van der Waals surface area contributed by atoms with Gasteiger partial charge in [0.15, 0.2) is 5.78 Å². The minimum Gasteiger partial charge on any atom is -0.494 e. The molecule has 0 spiro atoms. The van der Waals surface area contributed by atoms with Gasteiger partial charge in [0.1, 0.15) is 5.75 Å². The average Bonchev–Trinajstić information content (AvgIpc) is 2.45. The van der Waals surface area contributed by atoms with Crippen molar-refractivity contribution in [2.45, 2.75) is 19.9 Å². The Morgan fingerprint density at radius 3 is 2.75 bits per heavy atom. The molecular weight excluding hydrogens is 256 g/mol. The van der Waals surface area contributed by atoms with Crippen LogP contribution in [0.4, 0.5) is 0 Å². The van der Waals surface area contributed by atoms with E-state index in [4.69, 9.17) is 4.74 Å². The molecule has 1 aromatic rings. The molecular formula is C15H20N2O3. The standard InChI is InChI=1S/C15H20N2O3/c1-3-20-13-6-4-12(5-7-13)14(18)10-17-9-8-16-15(19)11(17)2/h4-7,11H,3,8-10H2,1-2H3,(H,16,19). The Morgan fingerprint density at radius 1 is 1.40 bits per heavy atom. The summed E-state index contributed by atoms with van der Waals surface area (Å²) in [6, 6.07) is 6.87. The fourth-order valence-electron chi connectivity index (χ4n) is 2.23. The van der Waals surface area contributed by atoms with E-state index in [1.807, 2.05) is 18.7 Å². The van der Waals surface area contributed by atoms with Crippen molar-refractivity contribution in [2.24, 2.45) is 0 Å². The summed E-state index contributed by atoms with van der Waals surface area (Å²) in [7, 11) is 0. The van der Waals surface area contributed by atoms with E-state index in [0.717, 1.165) is 5.75 Å². The summed E-state index contributed by atoms with van der Waals surface area (Å²) in [5, 5.41) is 2.79. The van der Waals surface area contributed by atoms with Gasteiger partial charge in [-0.3, -0.25) is 14.5 Å². The maximum absolute atomic E-state index is 12.2. The fraction of sp³-hybridized carbons (Fsp3) is 0.467. The molecule has 1 aliphatic heterocycles. The number of ether oxygens (including phenoxy) is 1. The van der Waals surface area contributed by atoms with Gasteiger partial charge in [0.05, 0.1) is 19.2 Å². The smallest absolute Gasteiger partial charge is 0.237 e. The van der Waals surface area contributed by atoms with Gasteiger partial charge in [-0.1, -0.05) is 0 Å². The van der Waals surface area contributed by atoms with Crippen LogP contribution in [0.15, 0.2) is 24.3 Å². The molecule has 2 rings (SSSR count). The van der Waals surface area contributed by atoms with Gasteiger partial charge in [-0.05, 0) is 38.1 Å². The van der Waals surface area contributed by atoms with Crippen LogP contribution < -0.4 is 10.1 Å². The first kappa shape index (κ1) is 14.5. The zero-order valence-electron chi connectivity index (χ0n) is 11.9. The molecule has 0 saturated carbocycles. The van der Waals surface area contributed by atoms with E-state index < -0.39 is 0 Å².